The maximum absolute atomic E-state index is 13.5. The molecule has 0 N–H and O–H groups in total. The van der Waals surface area contributed by atoms with Crippen molar-refractivity contribution in [2.24, 2.45) is 0 Å². The Balaban J connectivity index is 1.51. The summed E-state index contributed by atoms with van der Waals surface area (Å²) in [5.74, 6) is 0.883. The summed E-state index contributed by atoms with van der Waals surface area (Å²) in [6.45, 7) is 5.27. The monoisotopic (exact) mass is 393 g/mol. The Kier molecular flexibility index (Phi) is 5.43. The Labute approximate surface area is 171 Å². The number of carbonyl (C=O) groups excluding carboxylic acids is 2. The minimum absolute atomic E-state index is 0.0256. The lowest BCUT2D eigenvalue weighted by Gasteiger charge is -2.41. The number of ether oxygens (including phenoxy) is 1. The molecule has 0 saturated carbocycles. The number of benzene rings is 2. The molecular formula is C23H27N3O3. The van der Waals surface area contributed by atoms with Crippen molar-refractivity contribution < 1.29 is 14.3 Å². The van der Waals surface area contributed by atoms with Gasteiger partial charge in [0.05, 0.1) is 13.5 Å². The van der Waals surface area contributed by atoms with Gasteiger partial charge in [0.15, 0.2) is 0 Å². The summed E-state index contributed by atoms with van der Waals surface area (Å²) >= 11 is 0. The van der Waals surface area contributed by atoms with Gasteiger partial charge in [-0.2, -0.15) is 0 Å². The molecule has 1 atom stereocenters. The SMILES string of the molecule is CCN1C(=O)Cc2ccccc2[C@@H]1C(=O)N1CCN(c2cccc(OC)c2)CC1. The average molecular weight is 393 g/mol. The molecule has 6 nitrogen and oxygen atoms in total. The maximum Gasteiger partial charge on any atom is 0.250 e. The van der Waals surface area contributed by atoms with Gasteiger partial charge in [0.2, 0.25) is 11.8 Å². The van der Waals surface area contributed by atoms with Gasteiger partial charge in [0.25, 0.3) is 0 Å². The van der Waals surface area contributed by atoms with Crippen molar-refractivity contribution >= 4 is 17.5 Å². The van der Waals surface area contributed by atoms with E-state index in [4.69, 9.17) is 4.74 Å². The largest absolute Gasteiger partial charge is 0.497 e. The summed E-state index contributed by atoms with van der Waals surface area (Å²) in [7, 11) is 1.67. The fourth-order valence-electron chi connectivity index (χ4n) is 4.33. The second kappa shape index (κ2) is 8.15. The number of carbonyl (C=O) groups is 2. The molecule has 2 heterocycles. The first-order chi connectivity index (χ1) is 14.1. The van der Waals surface area contributed by atoms with Crippen LogP contribution < -0.4 is 9.64 Å². The number of nitrogens with zero attached hydrogens (tertiary/aromatic N) is 3. The summed E-state index contributed by atoms with van der Waals surface area (Å²) < 4.78 is 5.32. The van der Waals surface area contributed by atoms with Crippen LogP contribution in [-0.2, 0) is 16.0 Å². The van der Waals surface area contributed by atoms with Crippen LogP contribution in [0.25, 0.3) is 0 Å². The minimum Gasteiger partial charge on any atom is -0.497 e. The van der Waals surface area contributed by atoms with Crippen molar-refractivity contribution in [1.82, 2.24) is 9.80 Å². The molecule has 0 bridgehead atoms. The first-order valence-electron chi connectivity index (χ1n) is 10.2. The number of likely N-dealkylation sites (N-methyl/N-ethyl adjacent to an activating group) is 1. The lowest BCUT2D eigenvalue weighted by molar-refractivity contribution is -0.147. The normalized spacial score (nSPS) is 19.2. The second-order valence-electron chi connectivity index (χ2n) is 7.47. The van der Waals surface area contributed by atoms with Crippen LogP contribution in [0.1, 0.15) is 24.1 Å². The zero-order valence-electron chi connectivity index (χ0n) is 17.0. The van der Waals surface area contributed by atoms with Crippen molar-refractivity contribution in [3.63, 3.8) is 0 Å². The highest BCUT2D eigenvalue weighted by molar-refractivity contribution is 5.92. The summed E-state index contributed by atoms with van der Waals surface area (Å²) in [6.07, 6.45) is 0.372. The van der Waals surface area contributed by atoms with Gasteiger partial charge in [-0.1, -0.05) is 30.3 Å². The fraction of sp³-hybridized carbons (Fsp3) is 0.391. The molecule has 6 heteroatoms. The third-order valence-corrected chi connectivity index (χ3v) is 5.91. The maximum atomic E-state index is 13.5. The van der Waals surface area contributed by atoms with E-state index in [1.807, 2.05) is 54.3 Å². The number of hydrogen-bond donors (Lipinski definition) is 0. The van der Waals surface area contributed by atoms with E-state index in [-0.39, 0.29) is 11.8 Å². The molecule has 2 aromatic rings. The molecule has 0 radical (unpaired) electrons. The summed E-state index contributed by atoms with van der Waals surface area (Å²) in [5.41, 5.74) is 3.04. The second-order valence-corrected chi connectivity index (χ2v) is 7.47. The van der Waals surface area contributed by atoms with E-state index in [1.165, 1.54) is 0 Å². The average Bonchev–Trinajstić information content (AvgIpc) is 2.77. The molecule has 0 aliphatic carbocycles. The van der Waals surface area contributed by atoms with Crippen LogP contribution in [0.5, 0.6) is 5.75 Å². The molecule has 0 spiro atoms. The standard InChI is InChI=1S/C23H27N3O3/c1-3-26-21(27)15-17-7-4-5-10-20(17)22(26)23(28)25-13-11-24(12-14-25)18-8-6-9-19(16-18)29-2/h4-10,16,22H,3,11-15H2,1-2H3/t22-/m1/s1. The Morgan fingerprint density at radius 1 is 1.07 bits per heavy atom. The van der Waals surface area contributed by atoms with Crippen LogP contribution in [0.3, 0.4) is 0 Å². The van der Waals surface area contributed by atoms with Gasteiger partial charge in [-0.15, -0.1) is 0 Å². The number of rotatable bonds is 4. The summed E-state index contributed by atoms with van der Waals surface area (Å²) in [6, 6.07) is 15.3. The number of fused-ring (bicyclic) bond motifs is 1. The van der Waals surface area contributed by atoms with Gasteiger partial charge in [0, 0.05) is 44.5 Å². The van der Waals surface area contributed by atoms with Crippen LogP contribution in [0, 0.1) is 0 Å². The molecule has 152 valence electrons. The zero-order valence-corrected chi connectivity index (χ0v) is 17.0. The Morgan fingerprint density at radius 2 is 1.83 bits per heavy atom. The van der Waals surface area contributed by atoms with E-state index < -0.39 is 6.04 Å². The van der Waals surface area contributed by atoms with Gasteiger partial charge in [-0.25, -0.2) is 0 Å². The van der Waals surface area contributed by atoms with E-state index in [1.54, 1.807) is 12.0 Å². The topological polar surface area (TPSA) is 53.1 Å². The first-order valence-corrected chi connectivity index (χ1v) is 10.2. The lowest BCUT2D eigenvalue weighted by atomic mass is 9.91. The first kappa shape index (κ1) is 19.3. The predicted molar refractivity (Wildman–Crippen MR) is 112 cm³/mol. The molecule has 4 rings (SSSR count). The van der Waals surface area contributed by atoms with Crippen molar-refractivity contribution in [2.45, 2.75) is 19.4 Å². The predicted octanol–water partition coefficient (Wildman–Crippen LogP) is 2.49. The molecule has 29 heavy (non-hydrogen) atoms. The van der Waals surface area contributed by atoms with Gasteiger partial charge in [0.1, 0.15) is 11.8 Å². The van der Waals surface area contributed by atoms with Crippen LogP contribution in [0.2, 0.25) is 0 Å². The summed E-state index contributed by atoms with van der Waals surface area (Å²) in [4.78, 5) is 32.0. The molecule has 2 aromatic carbocycles. The van der Waals surface area contributed by atoms with Crippen LogP contribution in [0.15, 0.2) is 48.5 Å². The molecule has 2 aliphatic rings. The zero-order chi connectivity index (χ0) is 20.4. The van der Waals surface area contributed by atoms with E-state index in [0.717, 1.165) is 35.7 Å². The third-order valence-electron chi connectivity index (χ3n) is 5.91. The van der Waals surface area contributed by atoms with Crippen LogP contribution in [-0.4, -0.2) is 61.4 Å². The molecule has 2 amide bonds. The van der Waals surface area contributed by atoms with Gasteiger partial charge >= 0.3 is 0 Å². The highest BCUT2D eigenvalue weighted by atomic mass is 16.5. The molecule has 1 fully saturated rings. The quantitative estimate of drug-likeness (QED) is 0.801. The number of methoxy groups -OCH3 is 1. The van der Waals surface area contributed by atoms with Crippen LogP contribution >= 0.6 is 0 Å². The van der Waals surface area contributed by atoms with Crippen LogP contribution in [0.4, 0.5) is 5.69 Å². The van der Waals surface area contributed by atoms with E-state index >= 15 is 0 Å². The molecule has 1 saturated heterocycles. The van der Waals surface area contributed by atoms with E-state index in [2.05, 4.69) is 11.0 Å². The van der Waals surface area contributed by atoms with E-state index in [0.29, 0.717) is 26.1 Å². The molecular weight excluding hydrogens is 366 g/mol. The number of anilines is 1. The smallest absolute Gasteiger partial charge is 0.250 e. The van der Waals surface area contributed by atoms with Crippen molar-refractivity contribution in [2.75, 3.05) is 44.7 Å². The van der Waals surface area contributed by atoms with Gasteiger partial charge in [-0.05, 0) is 30.2 Å². The number of amides is 2. The Hall–Kier alpha value is -3.02. The molecule has 2 aliphatic heterocycles. The van der Waals surface area contributed by atoms with Gasteiger partial charge in [-0.3, -0.25) is 9.59 Å². The highest BCUT2D eigenvalue weighted by Crippen LogP contribution is 2.32. The van der Waals surface area contributed by atoms with Gasteiger partial charge < -0.3 is 19.4 Å². The number of piperazine rings is 1. The highest BCUT2D eigenvalue weighted by Gasteiger charge is 2.39. The summed E-state index contributed by atoms with van der Waals surface area (Å²) in [5, 5.41) is 0. The van der Waals surface area contributed by atoms with Crippen molar-refractivity contribution in [3.05, 3.63) is 59.7 Å². The Bertz CT molecular complexity index is 906. The van der Waals surface area contributed by atoms with Crippen molar-refractivity contribution in [1.29, 1.82) is 0 Å². The molecule has 0 unspecified atom stereocenters. The third kappa shape index (κ3) is 3.67. The van der Waals surface area contributed by atoms with Crippen molar-refractivity contribution in [3.8, 4) is 5.75 Å². The Morgan fingerprint density at radius 3 is 2.55 bits per heavy atom. The molecule has 0 aromatic heterocycles. The minimum atomic E-state index is -0.513. The van der Waals surface area contributed by atoms with E-state index in [9.17, 15) is 9.59 Å². The fourth-order valence-corrected chi connectivity index (χ4v) is 4.33. The lowest BCUT2D eigenvalue weighted by Crippen LogP contribution is -2.54. The number of hydrogen-bond acceptors (Lipinski definition) is 4.